The van der Waals surface area contributed by atoms with Gasteiger partial charge in [0, 0.05) is 33.2 Å². The summed E-state index contributed by atoms with van der Waals surface area (Å²) in [5.74, 6) is 0. The van der Waals surface area contributed by atoms with Gasteiger partial charge in [-0.3, -0.25) is 0 Å². The lowest BCUT2D eigenvalue weighted by atomic mass is 9.78. The molecule has 0 atom stereocenters. The number of rotatable bonds is 7. The van der Waals surface area contributed by atoms with Crippen LogP contribution in [-0.4, -0.2) is 0 Å². The van der Waals surface area contributed by atoms with Gasteiger partial charge < -0.3 is 9.32 Å². The van der Waals surface area contributed by atoms with E-state index >= 15 is 0 Å². The fourth-order valence-corrected chi connectivity index (χ4v) is 9.08. The maximum Gasteiger partial charge on any atom is 0.143 e. The highest BCUT2D eigenvalue weighted by atomic mass is 16.3. The molecule has 0 spiro atoms. The van der Waals surface area contributed by atoms with E-state index in [9.17, 15) is 0 Å². The van der Waals surface area contributed by atoms with Crippen LogP contribution in [-0.2, 0) is 10.8 Å². The minimum absolute atomic E-state index is 0.00680. The van der Waals surface area contributed by atoms with Crippen molar-refractivity contribution in [2.45, 2.75) is 52.4 Å². The SMILES string of the molecule is CC(C)(C)c1cc(-c2cccc3cccc(-c4ccccc4N(c4cccc(-c5cccc6c5oc5ccccc56)c4)c4ccccc4-c4ccccc4)c23)cc(C(C)(C)C)c1. The summed E-state index contributed by atoms with van der Waals surface area (Å²) >= 11 is 0. The van der Waals surface area contributed by atoms with Gasteiger partial charge in [0.15, 0.2) is 0 Å². The minimum Gasteiger partial charge on any atom is -0.455 e. The van der Waals surface area contributed by atoms with Gasteiger partial charge in [0.1, 0.15) is 11.2 Å². The van der Waals surface area contributed by atoms with Crippen molar-refractivity contribution >= 4 is 49.8 Å². The van der Waals surface area contributed by atoms with Crippen molar-refractivity contribution in [1.82, 2.24) is 0 Å². The monoisotopic (exact) mass is 801 g/mol. The Hall–Kier alpha value is -7.16. The summed E-state index contributed by atoms with van der Waals surface area (Å²) in [6.45, 7) is 13.9. The summed E-state index contributed by atoms with van der Waals surface area (Å²) in [5, 5.41) is 4.71. The summed E-state index contributed by atoms with van der Waals surface area (Å²) in [6, 6.07) is 73.0. The van der Waals surface area contributed by atoms with Crippen LogP contribution < -0.4 is 4.90 Å². The van der Waals surface area contributed by atoms with Crippen molar-refractivity contribution in [1.29, 1.82) is 0 Å². The van der Waals surface area contributed by atoms with Crippen LogP contribution in [0.2, 0.25) is 0 Å². The van der Waals surface area contributed by atoms with Crippen molar-refractivity contribution in [3.63, 3.8) is 0 Å². The number of hydrogen-bond donors (Lipinski definition) is 0. The largest absolute Gasteiger partial charge is 0.455 e. The summed E-state index contributed by atoms with van der Waals surface area (Å²) in [7, 11) is 0. The van der Waals surface area contributed by atoms with Crippen LogP contribution in [0, 0.1) is 0 Å². The Morgan fingerprint density at radius 2 is 0.903 bits per heavy atom. The maximum absolute atomic E-state index is 6.59. The predicted octanol–water partition coefficient (Wildman–Crippen LogP) is 17.5. The van der Waals surface area contributed by atoms with Gasteiger partial charge in [-0.15, -0.1) is 0 Å². The number of para-hydroxylation sites is 4. The van der Waals surface area contributed by atoms with E-state index in [1.807, 2.05) is 6.07 Å². The Morgan fingerprint density at radius 1 is 0.371 bits per heavy atom. The lowest BCUT2D eigenvalue weighted by Crippen LogP contribution is -2.16. The third-order valence-electron chi connectivity index (χ3n) is 12.4. The first kappa shape index (κ1) is 39.0. The number of hydrogen-bond acceptors (Lipinski definition) is 2. The zero-order valence-electron chi connectivity index (χ0n) is 36.4. The lowest BCUT2D eigenvalue weighted by Gasteiger charge is -2.30. The Balaban J connectivity index is 1.23. The topological polar surface area (TPSA) is 16.4 Å². The van der Waals surface area contributed by atoms with Crippen molar-refractivity contribution in [2.75, 3.05) is 4.90 Å². The molecule has 0 bridgehead atoms. The Kier molecular flexibility index (Phi) is 9.68. The van der Waals surface area contributed by atoms with E-state index < -0.39 is 0 Å². The van der Waals surface area contributed by atoms with Crippen molar-refractivity contribution in [2.24, 2.45) is 0 Å². The lowest BCUT2D eigenvalue weighted by molar-refractivity contribution is 0.569. The van der Waals surface area contributed by atoms with Gasteiger partial charge in [-0.05, 0) is 90.9 Å². The molecule has 0 radical (unpaired) electrons. The molecule has 10 rings (SSSR count). The molecule has 1 heterocycles. The third-order valence-corrected chi connectivity index (χ3v) is 12.4. The highest BCUT2D eigenvalue weighted by Crippen LogP contribution is 2.48. The number of furan rings is 1. The van der Waals surface area contributed by atoms with Gasteiger partial charge in [-0.2, -0.15) is 0 Å². The molecule has 0 saturated carbocycles. The summed E-state index contributed by atoms with van der Waals surface area (Å²) < 4.78 is 6.59. The molecule has 1 aromatic heterocycles. The second-order valence-corrected chi connectivity index (χ2v) is 18.6. The van der Waals surface area contributed by atoms with Gasteiger partial charge in [0.05, 0.1) is 11.4 Å². The van der Waals surface area contributed by atoms with E-state index in [0.29, 0.717) is 0 Å². The van der Waals surface area contributed by atoms with Crippen LogP contribution in [0.25, 0.3) is 77.2 Å². The van der Waals surface area contributed by atoms with Gasteiger partial charge in [0.25, 0.3) is 0 Å². The summed E-state index contributed by atoms with van der Waals surface area (Å²) in [5.41, 5.74) is 17.0. The first-order valence-electron chi connectivity index (χ1n) is 21.8. The number of benzene rings is 9. The average molecular weight is 802 g/mol. The van der Waals surface area contributed by atoms with Gasteiger partial charge in [-0.25, -0.2) is 0 Å². The van der Waals surface area contributed by atoms with E-state index in [0.717, 1.165) is 66.8 Å². The molecule has 62 heavy (non-hydrogen) atoms. The molecule has 0 aliphatic carbocycles. The highest BCUT2D eigenvalue weighted by molar-refractivity contribution is 6.11. The molecule has 0 N–H and O–H groups in total. The third kappa shape index (κ3) is 7.06. The van der Waals surface area contributed by atoms with Crippen LogP contribution in [0.5, 0.6) is 0 Å². The van der Waals surface area contributed by atoms with Crippen LogP contribution in [0.15, 0.2) is 205 Å². The minimum atomic E-state index is -0.00680. The first-order valence-corrected chi connectivity index (χ1v) is 21.8. The van der Waals surface area contributed by atoms with Gasteiger partial charge in [0.2, 0.25) is 0 Å². The molecular weight excluding hydrogens is 751 g/mol. The van der Waals surface area contributed by atoms with Crippen molar-refractivity contribution in [3.8, 4) is 44.5 Å². The van der Waals surface area contributed by atoms with Gasteiger partial charge in [-0.1, -0.05) is 211 Å². The van der Waals surface area contributed by atoms with Crippen molar-refractivity contribution < 1.29 is 4.42 Å². The summed E-state index contributed by atoms with van der Waals surface area (Å²) in [4.78, 5) is 2.46. The van der Waals surface area contributed by atoms with Crippen LogP contribution in [0.1, 0.15) is 52.7 Å². The fraction of sp³-hybridized carbons (Fsp3) is 0.133. The molecular formula is C60H51NO. The number of fused-ring (bicyclic) bond motifs is 4. The standard InChI is InChI=1S/C60H51NO/c1-59(2,3)44-36-43(37-45(39-44)60(4,5)6)48-29-17-22-41-23-18-31-52(57(41)48)50-27-11-14-34-55(50)61(54-33-13-10-26-47(54)40-20-8-7-9-21-40)46-25-16-24-42(38-46)49-30-19-32-53-51-28-12-15-35-56(51)62-58(49)53/h7-39H,1-6H3. The maximum atomic E-state index is 6.59. The smallest absolute Gasteiger partial charge is 0.143 e. The molecule has 302 valence electrons. The Morgan fingerprint density at radius 3 is 1.63 bits per heavy atom. The molecule has 0 aliphatic heterocycles. The zero-order valence-corrected chi connectivity index (χ0v) is 36.4. The van der Waals surface area contributed by atoms with Gasteiger partial charge >= 0.3 is 0 Å². The van der Waals surface area contributed by atoms with Crippen LogP contribution in [0.3, 0.4) is 0 Å². The Bertz CT molecular complexity index is 3230. The molecule has 10 aromatic rings. The fourth-order valence-electron chi connectivity index (χ4n) is 9.08. The van der Waals surface area contributed by atoms with E-state index in [2.05, 4.69) is 241 Å². The molecule has 0 amide bonds. The second-order valence-electron chi connectivity index (χ2n) is 18.6. The molecule has 2 heteroatoms. The van der Waals surface area contributed by atoms with Crippen molar-refractivity contribution in [3.05, 3.63) is 211 Å². The molecule has 2 nitrogen and oxygen atoms in total. The average Bonchev–Trinajstić information content (AvgIpc) is 3.68. The predicted molar refractivity (Wildman–Crippen MR) is 265 cm³/mol. The van der Waals surface area contributed by atoms with Crippen LogP contribution in [0.4, 0.5) is 17.1 Å². The normalized spacial score (nSPS) is 12.0. The number of anilines is 3. The molecule has 0 unspecified atom stereocenters. The molecule has 9 aromatic carbocycles. The highest BCUT2D eigenvalue weighted by Gasteiger charge is 2.25. The second kappa shape index (κ2) is 15.4. The molecule has 0 aliphatic rings. The quantitative estimate of drug-likeness (QED) is 0.160. The van der Waals surface area contributed by atoms with Crippen LogP contribution >= 0.6 is 0 Å². The summed E-state index contributed by atoms with van der Waals surface area (Å²) in [6.07, 6.45) is 0. The Labute approximate surface area is 365 Å². The number of nitrogens with zero attached hydrogens (tertiary/aromatic N) is 1. The van der Waals surface area contributed by atoms with E-state index in [4.69, 9.17) is 4.42 Å². The molecule has 0 saturated heterocycles. The first-order chi connectivity index (χ1) is 30.0. The van der Waals surface area contributed by atoms with E-state index in [1.54, 1.807) is 0 Å². The van der Waals surface area contributed by atoms with E-state index in [-0.39, 0.29) is 10.8 Å². The van der Waals surface area contributed by atoms with E-state index in [1.165, 1.54) is 38.6 Å². The molecule has 0 fully saturated rings. The zero-order chi connectivity index (χ0) is 42.6.